The molecule has 1 aliphatic rings. The number of amides is 1. The molecule has 1 unspecified atom stereocenters. The first kappa shape index (κ1) is 15.4. The van der Waals surface area contributed by atoms with Gasteiger partial charge in [-0.15, -0.1) is 0 Å². The molecule has 0 saturated carbocycles. The molecule has 0 radical (unpaired) electrons. The molecule has 0 aliphatic carbocycles. The quantitative estimate of drug-likeness (QED) is 0.593. The van der Waals surface area contributed by atoms with Gasteiger partial charge in [0.25, 0.3) is 5.69 Å². The summed E-state index contributed by atoms with van der Waals surface area (Å²) in [5, 5.41) is 16.5. The summed E-state index contributed by atoms with van der Waals surface area (Å²) < 4.78 is 5.46. The summed E-state index contributed by atoms with van der Waals surface area (Å²) in [5.41, 5.74) is 1.03. The van der Waals surface area contributed by atoms with E-state index in [0.29, 0.717) is 32.5 Å². The first-order chi connectivity index (χ1) is 10.1. The topological polar surface area (TPSA) is 93.5 Å². The number of hydrogen-bond acceptors (Lipinski definition) is 5. The molecule has 1 heterocycles. The van der Waals surface area contributed by atoms with Crippen LogP contribution < -0.4 is 10.6 Å². The van der Waals surface area contributed by atoms with Gasteiger partial charge in [-0.1, -0.05) is 12.1 Å². The molecule has 2 rings (SSSR count). The van der Waals surface area contributed by atoms with Crippen molar-refractivity contribution in [2.45, 2.75) is 18.9 Å². The fraction of sp³-hybridized carbons (Fsp3) is 0.500. The number of nitro benzene ring substituents is 1. The average molecular weight is 293 g/mol. The lowest BCUT2D eigenvalue weighted by Crippen LogP contribution is -2.41. The van der Waals surface area contributed by atoms with Gasteiger partial charge in [-0.25, -0.2) is 0 Å². The van der Waals surface area contributed by atoms with Gasteiger partial charge < -0.3 is 15.4 Å². The van der Waals surface area contributed by atoms with Crippen LogP contribution in [0.15, 0.2) is 24.3 Å². The standard InChI is InChI=1S/C14H19N3O4/c18-14(9-13-10-15-7-8-21-13)16-6-5-11-1-3-12(4-2-11)17(19)20/h1-4,13,15H,5-10H2,(H,16,18). The molecule has 1 aromatic carbocycles. The van der Waals surface area contributed by atoms with Crippen molar-refractivity contribution in [2.24, 2.45) is 0 Å². The summed E-state index contributed by atoms with van der Waals surface area (Å²) >= 11 is 0. The highest BCUT2D eigenvalue weighted by Gasteiger charge is 2.16. The van der Waals surface area contributed by atoms with Crippen LogP contribution in [-0.2, 0) is 16.0 Å². The van der Waals surface area contributed by atoms with Crippen molar-refractivity contribution in [1.82, 2.24) is 10.6 Å². The van der Waals surface area contributed by atoms with Crippen molar-refractivity contribution in [1.29, 1.82) is 0 Å². The van der Waals surface area contributed by atoms with E-state index in [1.807, 2.05) is 0 Å². The molecule has 1 saturated heterocycles. The third-order valence-corrected chi connectivity index (χ3v) is 3.30. The Balaban J connectivity index is 1.68. The van der Waals surface area contributed by atoms with Crippen molar-refractivity contribution in [3.8, 4) is 0 Å². The fourth-order valence-electron chi connectivity index (χ4n) is 2.16. The van der Waals surface area contributed by atoms with E-state index in [2.05, 4.69) is 10.6 Å². The van der Waals surface area contributed by atoms with Crippen LogP contribution in [0.2, 0.25) is 0 Å². The predicted octanol–water partition coefficient (Wildman–Crippen LogP) is 0.632. The Morgan fingerprint density at radius 1 is 1.43 bits per heavy atom. The van der Waals surface area contributed by atoms with Gasteiger partial charge in [0.2, 0.25) is 5.91 Å². The lowest BCUT2D eigenvalue weighted by Gasteiger charge is -2.23. The number of nitrogens with one attached hydrogen (secondary N) is 2. The molecule has 1 aliphatic heterocycles. The number of ether oxygens (including phenoxy) is 1. The lowest BCUT2D eigenvalue weighted by atomic mass is 10.1. The smallest absolute Gasteiger partial charge is 0.269 e. The number of carbonyl (C=O) groups excluding carboxylic acids is 1. The molecule has 7 heteroatoms. The summed E-state index contributed by atoms with van der Waals surface area (Å²) in [6.45, 7) is 2.69. The van der Waals surface area contributed by atoms with Crippen LogP contribution >= 0.6 is 0 Å². The molecule has 21 heavy (non-hydrogen) atoms. The van der Waals surface area contributed by atoms with Crippen molar-refractivity contribution < 1.29 is 14.5 Å². The van der Waals surface area contributed by atoms with Crippen LogP contribution in [0.25, 0.3) is 0 Å². The second kappa shape index (κ2) is 7.70. The Morgan fingerprint density at radius 3 is 2.81 bits per heavy atom. The van der Waals surface area contributed by atoms with Crippen molar-refractivity contribution in [2.75, 3.05) is 26.2 Å². The molecular weight excluding hydrogens is 274 g/mol. The minimum absolute atomic E-state index is 0.0365. The second-order valence-corrected chi connectivity index (χ2v) is 4.92. The SMILES string of the molecule is O=C(CC1CNCCO1)NCCc1ccc([N+](=O)[O-])cc1. The molecule has 1 amide bonds. The Bertz CT molecular complexity index is 483. The lowest BCUT2D eigenvalue weighted by molar-refractivity contribution is -0.384. The molecule has 114 valence electrons. The van der Waals surface area contributed by atoms with Gasteiger partial charge in [0.05, 0.1) is 24.1 Å². The predicted molar refractivity (Wildman–Crippen MR) is 77.0 cm³/mol. The van der Waals surface area contributed by atoms with Gasteiger partial charge in [0, 0.05) is 31.8 Å². The van der Waals surface area contributed by atoms with E-state index in [0.717, 1.165) is 12.1 Å². The summed E-state index contributed by atoms with van der Waals surface area (Å²) in [7, 11) is 0. The van der Waals surface area contributed by atoms with Crippen LogP contribution in [0, 0.1) is 10.1 Å². The zero-order valence-corrected chi connectivity index (χ0v) is 11.7. The minimum atomic E-state index is -0.427. The van der Waals surface area contributed by atoms with Crippen LogP contribution in [-0.4, -0.2) is 43.2 Å². The third kappa shape index (κ3) is 5.13. The Hall–Kier alpha value is -1.99. The maximum atomic E-state index is 11.7. The highest BCUT2D eigenvalue weighted by atomic mass is 16.6. The highest BCUT2D eigenvalue weighted by Crippen LogP contribution is 2.12. The van der Waals surface area contributed by atoms with Crippen LogP contribution in [0.5, 0.6) is 0 Å². The first-order valence-electron chi connectivity index (χ1n) is 6.97. The third-order valence-electron chi connectivity index (χ3n) is 3.30. The molecular formula is C14H19N3O4. The monoisotopic (exact) mass is 293 g/mol. The molecule has 2 N–H and O–H groups in total. The number of morpholine rings is 1. The van der Waals surface area contributed by atoms with Gasteiger partial charge in [-0.05, 0) is 12.0 Å². The van der Waals surface area contributed by atoms with Crippen LogP contribution in [0.3, 0.4) is 0 Å². The van der Waals surface area contributed by atoms with E-state index in [-0.39, 0.29) is 17.7 Å². The number of rotatable bonds is 6. The molecule has 1 aromatic rings. The molecule has 1 fully saturated rings. The largest absolute Gasteiger partial charge is 0.375 e. The van der Waals surface area contributed by atoms with Gasteiger partial charge in [-0.2, -0.15) is 0 Å². The maximum absolute atomic E-state index is 11.7. The minimum Gasteiger partial charge on any atom is -0.375 e. The molecule has 1 atom stereocenters. The zero-order valence-electron chi connectivity index (χ0n) is 11.7. The number of benzene rings is 1. The van der Waals surface area contributed by atoms with Gasteiger partial charge >= 0.3 is 0 Å². The molecule has 0 bridgehead atoms. The highest BCUT2D eigenvalue weighted by molar-refractivity contribution is 5.76. The summed E-state index contributed by atoms with van der Waals surface area (Å²) in [5.74, 6) is -0.0365. The summed E-state index contributed by atoms with van der Waals surface area (Å²) in [6.07, 6.45) is 0.943. The number of non-ortho nitro benzene ring substituents is 1. The average Bonchev–Trinajstić information content (AvgIpc) is 2.49. The van der Waals surface area contributed by atoms with E-state index >= 15 is 0 Å². The number of hydrogen-bond donors (Lipinski definition) is 2. The van der Waals surface area contributed by atoms with Crippen LogP contribution in [0.4, 0.5) is 5.69 Å². The number of nitro groups is 1. The second-order valence-electron chi connectivity index (χ2n) is 4.92. The van der Waals surface area contributed by atoms with E-state index in [1.54, 1.807) is 12.1 Å². The summed E-state index contributed by atoms with van der Waals surface area (Å²) in [6, 6.07) is 6.36. The molecule has 0 spiro atoms. The van der Waals surface area contributed by atoms with Gasteiger partial charge in [-0.3, -0.25) is 14.9 Å². The van der Waals surface area contributed by atoms with Crippen molar-refractivity contribution >= 4 is 11.6 Å². The zero-order chi connectivity index (χ0) is 15.1. The van der Waals surface area contributed by atoms with E-state index in [4.69, 9.17) is 4.74 Å². The Kier molecular flexibility index (Phi) is 5.65. The Labute approximate surface area is 122 Å². The van der Waals surface area contributed by atoms with E-state index in [9.17, 15) is 14.9 Å². The Morgan fingerprint density at radius 2 is 2.19 bits per heavy atom. The summed E-state index contributed by atoms with van der Waals surface area (Å²) in [4.78, 5) is 21.8. The number of nitrogens with zero attached hydrogens (tertiary/aromatic N) is 1. The normalized spacial score (nSPS) is 18.2. The van der Waals surface area contributed by atoms with E-state index < -0.39 is 4.92 Å². The van der Waals surface area contributed by atoms with E-state index in [1.165, 1.54) is 12.1 Å². The van der Waals surface area contributed by atoms with Crippen LogP contribution in [0.1, 0.15) is 12.0 Å². The van der Waals surface area contributed by atoms with Gasteiger partial charge in [0.1, 0.15) is 0 Å². The fourth-order valence-corrected chi connectivity index (χ4v) is 2.16. The molecule has 7 nitrogen and oxygen atoms in total. The first-order valence-corrected chi connectivity index (χ1v) is 6.97. The van der Waals surface area contributed by atoms with Crippen molar-refractivity contribution in [3.05, 3.63) is 39.9 Å². The van der Waals surface area contributed by atoms with Gasteiger partial charge in [0.15, 0.2) is 0 Å². The van der Waals surface area contributed by atoms with Crippen molar-refractivity contribution in [3.63, 3.8) is 0 Å². The molecule has 0 aromatic heterocycles. The number of carbonyl (C=O) groups is 1. The maximum Gasteiger partial charge on any atom is 0.269 e.